The second kappa shape index (κ2) is 7.13. The Kier molecular flexibility index (Phi) is 5.70. The lowest BCUT2D eigenvalue weighted by Gasteiger charge is -2.50. The molecule has 0 aromatic heterocycles. The zero-order chi connectivity index (χ0) is 15.3. The standard InChI is InChI=1S/C18H33NO2/c1-4-21-16(20)18(14-10-9-13-17(18,2)3)19-15-11-7-5-6-8-12-15/h15,19H,4-14H2,1-3H3. The second-order valence-electron chi connectivity index (χ2n) is 7.55. The van der Waals surface area contributed by atoms with Gasteiger partial charge in [-0.3, -0.25) is 10.1 Å². The van der Waals surface area contributed by atoms with Gasteiger partial charge in [0, 0.05) is 6.04 Å². The van der Waals surface area contributed by atoms with E-state index in [4.69, 9.17) is 4.74 Å². The van der Waals surface area contributed by atoms with E-state index in [0.717, 1.165) is 19.3 Å². The molecule has 21 heavy (non-hydrogen) atoms. The summed E-state index contributed by atoms with van der Waals surface area (Å²) in [7, 11) is 0. The smallest absolute Gasteiger partial charge is 0.326 e. The minimum Gasteiger partial charge on any atom is -0.465 e. The molecule has 3 nitrogen and oxygen atoms in total. The van der Waals surface area contributed by atoms with Crippen molar-refractivity contribution >= 4 is 5.97 Å². The lowest BCUT2D eigenvalue weighted by molar-refractivity contribution is -0.160. The van der Waals surface area contributed by atoms with Gasteiger partial charge in [0.05, 0.1) is 6.61 Å². The first-order valence-corrected chi connectivity index (χ1v) is 8.97. The molecule has 0 radical (unpaired) electrons. The predicted molar refractivity (Wildman–Crippen MR) is 86.2 cm³/mol. The van der Waals surface area contributed by atoms with Crippen molar-refractivity contribution in [1.29, 1.82) is 0 Å². The molecule has 0 aromatic carbocycles. The summed E-state index contributed by atoms with van der Waals surface area (Å²) in [5.41, 5.74) is -0.500. The highest BCUT2D eigenvalue weighted by atomic mass is 16.5. The average Bonchev–Trinajstić information content (AvgIpc) is 2.70. The van der Waals surface area contributed by atoms with Gasteiger partial charge in [-0.1, -0.05) is 52.4 Å². The largest absolute Gasteiger partial charge is 0.465 e. The molecule has 0 aliphatic heterocycles. The highest BCUT2D eigenvalue weighted by Gasteiger charge is 2.53. The van der Waals surface area contributed by atoms with E-state index in [9.17, 15) is 4.79 Å². The average molecular weight is 295 g/mol. The van der Waals surface area contributed by atoms with Gasteiger partial charge in [-0.15, -0.1) is 0 Å². The van der Waals surface area contributed by atoms with Crippen LogP contribution in [0.3, 0.4) is 0 Å². The van der Waals surface area contributed by atoms with E-state index in [1.165, 1.54) is 44.9 Å². The summed E-state index contributed by atoms with van der Waals surface area (Å²) in [6.07, 6.45) is 12.0. The lowest BCUT2D eigenvalue weighted by Crippen LogP contribution is -2.65. The fraction of sp³-hybridized carbons (Fsp3) is 0.944. The maximum Gasteiger partial charge on any atom is 0.326 e. The van der Waals surface area contributed by atoms with Crippen molar-refractivity contribution in [2.24, 2.45) is 5.41 Å². The normalized spacial score (nSPS) is 30.6. The van der Waals surface area contributed by atoms with Crippen LogP contribution in [0.5, 0.6) is 0 Å². The van der Waals surface area contributed by atoms with Crippen molar-refractivity contribution in [1.82, 2.24) is 5.32 Å². The Labute approximate surface area is 130 Å². The fourth-order valence-corrected chi connectivity index (χ4v) is 4.24. The summed E-state index contributed by atoms with van der Waals surface area (Å²) in [4.78, 5) is 12.8. The van der Waals surface area contributed by atoms with Crippen LogP contribution in [0.1, 0.15) is 85.0 Å². The Morgan fingerprint density at radius 1 is 1.05 bits per heavy atom. The number of carbonyl (C=O) groups is 1. The monoisotopic (exact) mass is 295 g/mol. The van der Waals surface area contributed by atoms with Gasteiger partial charge in [0.25, 0.3) is 0 Å². The molecule has 3 heteroatoms. The Bertz CT molecular complexity index is 345. The molecule has 2 saturated carbocycles. The molecule has 0 aromatic rings. The number of hydrogen-bond acceptors (Lipinski definition) is 3. The van der Waals surface area contributed by atoms with Crippen LogP contribution >= 0.6 is 0 Å². The first kappa shape index (κ1) is 16.8. The van der Waals surface area contributed by atoms with Gasteiger partial charge in [-0.05, 0) is 38.0 Å². The third-order valence-electron chi connectivity index (χ3n) is 5.69. The molecule has 2 rings (SSSR count). The highest BCUT2D eigenvalue weighted by molar-refractivity contribution is 5.82. The van der Waals surface area contributed by atoms with Gasteiger partial charge in [0.15, 0.2) is 0 Å². The summed E-state index contributed by atoms with van der Waals surface area (Å²) in [6.45, 7) is 6.87. The quantitative estimate of drug-likeness (QED) is 0.624. The van der Waals surface area contributed by atoms with E-state index in [0.29, 0.717) is 12.6 Å². The SMILES string of the molecule is CCOC(=O)C1(NC2CCCCCC2)CCCCC1(C)C. The maximum atomic E-state index is 12.8. The number of esters is 1. The van der Waals surface area contributed by atoms with Crippen LogP contribution in [0.4, 0.5) is 0 Å². The van der Waals surface area contributed by atoms with Gasteiger partial charge < -0.3 is 4.74 Å². The zero-order valence-corrected chi connectivity index (χ0v) is 14.2. The minimum absolute atomic E-state index is 0.0149. The maximum absolute atomic E-state index is 12.8. The summed E-state index contributed by atoms with van der Waals surface area (Å²) >= 11 is 0. The Morgan fingerprint density at radius 3 is 2.24 bits per heavy atom. The van der Waals surface area contributed by atoms with E-state index >= 15 is 0 Å². The minimum atomic E-state index is -0.476. The van der Waals surface area contributed by atoms with Crippen LogP contribution in [-0.2, 0) is 9.53 Å². The van der Waals surface area contributed by atoms with Gasteiger partial charge in [-0.25, -0.2) is 0 Å². The summed E-state index contributed by atoms with van der Waals surface area (Å²) in [5.74, 6) is -0.0149. The predicted octanol–water partition coefficient (Wildman–Crippen LogP) is 4.20. The van der Waals surface area contributed by atoms with Gasteiger partial charge >= 0.3 is 5.97 Å². The third kappa shape index (κ3) is 3.61. The van der Waals surface area contributed by atoms with Crippen molar-refractivity contribution in [2.45, 2.75) is 96.6 Å². The van der Waals surface area contributed by atoms with E-state index in [2.05, 4.69) is 19.2 Å². The topological polar surface area (TPSA) is 38.3 Å². The fourth-order valence-electron chi connectivity index (χ4n) is 4.24. The zero-order valence-electron chi connectivity index (χ0n) is 14.2. The molecule has 0 bridgehead atoms. The van der Waals surface area contributed by atoms with Crippen molar-refractivity contribution in [3.8, 4) is 0 Å². The highest BCUT2D eigenvalue weighted by Crippen LogP contribution is 2.45. The van der Waals surface area contributed by atoms with Crippen LogP contribution in [0, 0.1) is 5.41 Å². The van der Waals surface area contributed by atoms with E-state index in [1.807, 2.05) is 6.92 Å². The Morgan fingerprint density at radius 2 is 1.67 bits per heavy atom. The van der Waals surface area contributed by atoms with Crippen LogP contribution in [0.25, 0.3) is 0 Å². The molecule has 2 aliphatic rings. The Balaban J connectivity index is 2.20. The lowest BCUT2D eigenvalue weighted by atomic mass is 9.62. The molecule has 0 amide bonds. The number of carbonyl (C=O) groups excluding carboxylic acids is 1. The van der Waals surface area contributed by atoms with Gasteiger partial charge in [0.1, 0.15) is 5.54 Å². The van der Waals surface area contributed by atoms with Crippen LogP contribution in [-0.4, -0.2) is 24.2 Å². The van der Waals surface area contributed by atoms with E-state index in [1.54, 1.807) is 0 Å². The molecule has 0 heterocycles. The summed E-state index contributed by atoms with van der Waals surface area (Å²) in [5, 5.41) is 3.81. The van der Waals surface area contributed by atoms with Crippen molar-refractivity contribution in [2.75, 3.05) is 6.61 Å². The third-order valence-corrected chi connectivity index (χ3v) is 5.69. The molecule has 122 valence electrons. The summed E-state index contributed by atoms with van der Waals surface area (Å²) < 4.78 is 5.49. The van der Waals surface area contributed by atoms with Crippen LogP contribution < -0.4 is 5.32 Å². The van der Waals surface area contributed by atoms with Crippen LogP contribution in [0.15, 0.2) is 0 Å². The van der Waals surface area contributed by atoms with Gasteiger partial charge in [0.2, 0.25) is 0 Å². The molecular weight excluding hydrogens is 262 g/mol. The second-order valence-corrected chi connectivity index (χ2v) is 7.55. The molecule has 1 unspecified atom stereocenters. The molecule has 0 saturated heterocycles. The molecule has 0 spiro atoms. The first-order chi connectivity index (χ1) is 10.0. The van der Waals surface area contributed by atoms with Crippen LogP contribution in [0.2, 0.25) is 0 Å². The molecule has 2 fully saturated rings. The number of ether oxygens (including phenoxy) is 1. The number of rotatable bonds is 4. The van der Waals surface area contributed by atoms with Gasteiger partial charge in [-0.2, -0.15) is 0 Å². The number of nitrogens with one attached hydrogen (secondary N) is 1. The molecule has 1 N–H and O–H groups in total. The Hall–Kier alpha value is -0.570. The summed E-state index contributed by atoms with van der Waals surface area (Å²) in [6, 6.07) is 0.481. The first-order valence-electron chi connectivity index (χ1n) is 8.97. The van der Waals surface area contributed by atoms with E-state index in [-0.39, 0.29) is 11.4 Å². The van der Waals surface area contributed by atoms with E-state index < -0.39 is 5.54 Å². The molecule has 1 atom stereocenters. The van der Waals surface area contributed by atoms with Crippen molar-refractivity contribution in [3.63, 3.8) is 0 Å². The molecular formula is C18H33NO2. The number of hydrogen-bond donors (Lipinski definition) is 1. The molecule has 2 aliphatic carbocycles. The van der Waals surface area contributed by atoms with Crippen molar-refractivity contribution < 1.29 is 9.53 Å². The van der Waals surface area contributed by atoms with Crippen molar-refractivity contribution in [3.05, 3.63) is 0 Å².